The second-order valence-electron chi connectivity index (χ2n) is 9.19. The van der Waals surface area contributed by atoms with E-state index >= 15 is 0 Å². The van der Waals surface area contributed by atoms with E-state index in [1.54, 1.807) is 70.6 Å². The van der Waals surface area contributed by atoms with Crippen LogP contribution in [-0.2, 0) is 0 Å². The van der Waals surface area contributed by atoms with E-state index in [1.165, 1.54) is 25.2 Å². The predicted molar refractivity (Wildman–Crippen MR) is 90.2 cm³/mol. The smallest absolute Gasteiger partial charge is 0.0241 e. The monoisotopic (exact) mass is 288 g/mol. The van der Waals surface area contributed by atoms with Gasteiger partial charge in [-0.05, 0) is 60.7 Å². The van der Waals surface area contributed by atoms with Gasteiger partial charge in [-0.25, -0.2) is 0 Å². The Morgan fingerprint density at radius 3 is 2.05 bits per heavy atom. The molecule has 4 fully saturated rings. The maximum atomic E-state index is 2.62. The van der Waals surface area contributed by atoms with Gasteiger partial charge in [0.15, 0.2) is 0 Å². The van der Waals surface area contributed by atoms with Crippen LogP contribution in [0.25, 0.3) is 0 Å². The summed E-state index contributed by atoms with van der Waals surface area (Å²) in [5, 5.41) is 0. The Labute approximate surface area is 132 Å². The molecular weight excluding hydrogens is 252 g/mol. The minimum atomic E-state index is 0.796. The van der Waals surface area contributed by atoms with Gasteiger partial charge in [0.1, 0.15) is 0 Å². The highest BCUT2D eigenvalue weighted by Gasteiger charge is 2.56. The second kappa shape index (κ2) is 5.89. The van der Waals surface area contributed by atoms with Crippen molar-refractivity contribution in [1.29, 1.82) is 0 Å². The van der Waals surface area contributed by atoms with Crippen LogP contribution in [0.5, 0.6) is 0 Å². The molecular formula is C21H36. The highest BCUT2D eigenvalue weighted by Crippen LogP contribution is 2.64. The quantitative estimate of drug-likeness (QED) is 0.537. The molecule has 4 saturated carbocycles. The molecule has 5 atom stereocenters. The molecule has 0 nitrogen and oxygen atoms in total. The summed E-state index contributed by atoms with van der Waals surface area (Å²) in [6, 6.07) is 0. The minimum absolute atomic E-state index is 0.796. The molecule has 0 N–H and O–H groups in total. The SMILES string of the molecule is CC1CCCCC12CCCCC2C1CC1C1CCCCC1. The lowest BCUT2D eigenvalue weighted by Crippen LogP contribution is -2.43. The summed E-state index contributed by atoms with van der Waals surface area (Å²) in [7, 11) is 0. The zero-order valence-corrected chi connectivity index (χ0v) is 14.3. The molecule has 0 aromatic heterocycles. The minimum Gasteiger partial charge on any atom is -0.0620 e. The molecule has 0 heterocycles. The zero-order chi connectivity index (χ0) is 14.3. The van der Waals surface area contributed by atoms with Crippen molar-refractivity contribution in [2.75, 3.05) is 0 Å². The number of rotatable bonds is 2. The van der Waals surface area contributed by atoms with Crippen molar-refractivity contribution >= 4 is 0 Å². The third-order valence-corrected chi connectivity index (χ3v) is 8.32. The summed E-state index contributed by atoms with van der Waals surface area (Å²) in [6.07, 6.45) is 21.9. The lowest BCUT2D eigenvalue weighted by Gasteiger charge is -2.52. The Morgan fingerprint density at radius 2 is 1.33 bits per heavy atom. The molecule has 4 aliphatic carbocycles. The van der Waals surface area contributed by atoms with Crippen LogP contribution in [0.2, 0.25) is 0 Å². The first kappa shape index (κ1) is 14.6. The van der Waals surface area contributed by atoms with E-state index in [1.807, 2.05) is 0 Å². The van der Waals surface area contributed by atoms with Crippen molar-refractivity contribution in [3.63, 3.8) is 0 Å². The van der Waals surface area contributed by atoms with Crippen molar-refractivity contribution in [1.82, 2.24) is 0 Å². The Morgan fingerprint density at radius 1 is 0.667 bits per heavy atom. The highest BCUT2D eigenvalue weighted by atomic mass is 14.6. The lowest BCUT2D eigenvalue weighted by molar-refractivity contribution is -0.0198. The molecule has 4 aliphatic rings. The molecule has 0 bridgehead atoms. The Balaban J connectivity index is 1.47. The van der Waals surface area contributed by atoms with Crippen LogP contribution in [0.1, 0.15) is 96.8 Å². The van der Waals surface area contributed by atoms with Crippen LogP contribution in [0.4, 0.5) is 0 Å². The van der Waals surface area contributed by atoms with Crippen molar-refractivity contribution in [2.24, 2.45) is 35.0 Å². The molecule has 4 rings (SSSR count). The molecule has 0 heteroatoms. The molecule has 21 heavy (non-hydrogen) atoms. The fraction of sp³-hybridized carbons (Fsp3) is 1.00. The molecule has 0 amide bonds. The number of hydrogen-bond acceptors (Lipinski definition) is 0. The van der Waals surface area contributed by atoms with Crippen LogP contribution < -0.4 is 0 Å². The summed E-state index contributed by atoms with van der Waals surface area (Å²) in [4.78, 5) is 0. The predicted octanol–water partition coefficient (Wildman–Crippen LogP) is 6.59. The molecule has 0 aromatic carbocycles. The maximum Gasteiger partial charge on any atom is -0.0241 e. The Hall–Kier alpha value is 0. The van der Waals surface area contributed by atoms with E-state index in [0.717, 1.165) is 29.1 Å². The standard InChI is InChI=1S/C21H36/c1-16-9-5-7-13-21(16)14-8-6-12-20(21)19-15-18(19)17-10-3-2-4-11-17/h16-20H,2-15H2,1H3. The number of hydrogen-bond donors (Lipinski definition) is 0. The van der Waals surface area contributed by atoms with E-state index in [-0.39, 0.29) is 0 Å². The van der Waals surface area contributed by atoms with Crippen LogP contribution >= 0.6 is 0 Å². The normalized spacial score (nSPS) is 48.4. The topological polar surface area (TPSA) is 0 Å². The van der Waals surface area contributed by atoms with E-state index in [9.17, 15) is 0 Å². The summed E-state index contributed by atoms with van der Waals surface area (Å²) in [5.74, 6) is 5.63. The van der Waals surface area contributed by atoms with E-state index < -0.39 is 0 Å². The average Bonchev–Trinajstić information content (AvgIpc) is 3.32. The molecule has 0 aromatic rings. The molecule has 0 aliphatic heterocycles. The third kappa shape index (κ3) is 2.59. The summed E-state index contributed by atoms with van der Waals surface area (Å²) < 4.78 is 0. The summed E-state index contributed by atoms with van der Waals surface area (Å²) in [6.45, 7) is 2.62. The van der Waals surface area contributed by atoms with Gasteiger partial charge >= 0.3 is 0 Å². The van der Waals surface area contributed by atoms with Crippen LogP contribution in [-0.4, -0.2) is 0 Å². The van der Waals surface area contributed by atoms with Crippen LogP contribution in [0.3, 0.4) is 0 Å². The van der Waals surface area contributed by atoms with Crippen molar-refractivity contribution < 1.29 is 0 Å². The third-order valence-electron chi connectivity index (χ3n) is 8.32. The maximum absolute atomic E-state index is 2.62. The van der Waals surface area contributed by atoms with Gasteiger partial charge in [0.05, 0.1) is 0 Å². The largest absolute Gasteiger partial charge is 0.0620 e. The molecule has 0 saturated heterocycles. The van der Waals surface area contributed by atoms with Gasteiger partial charge < -0.3 is 0 Å². The van der Waals surface area contributed by atoms with Gasteiger partial charge in [-0.15, -0.1) is 0 Å². The van der Waals surface area contributed by atoms with Gasteiger partial charge in [0.25, 0.3) is 0 Å². The van der Waals surface area contributed by atoms with Gasteiger partial charge in [-0.3, -0.25) is 0 Å². The molecule has 1 spiro atoms. The fourth-order valence-corrected chi connectivity index (χ4v) is 7.10. The molecule has 0 radical (unpaired) electrons. The van der Waals surface area contributed by atoms with Crippen molar-refractivity contribution in [2.45, 2.75) is 96.8 Å². The van der Waals surface area contributed by atoms with E-state index in [2.05, 4.69) is 6.92 Å². The first-order chi connectivity index (χ1) is 10.3. The molecule has 5 unspecified atom stereocenters. The Bertz CT molecular complexity index is 347. The molecule has 120 valence electrons. The van der Waals surface area contributed by atoms with Crippen LogP contribution in [0.15, 0.2) is 0 Å². The van der Waals surface area contributed by atoms with Gasteiger partial charge in [0, 0.05) is 0 Å². The van der Waals surface area contributed by atoms with E-state index in [4.69, 9.17) is 0 Å². The summed E-state index contributed by atoms with van der Waals surface area (Å²) >= 11 is 0. The fourth-order valence-electron chi connectivity index (χ4n) is 7.10. The van der Waals surface area contributed by atoms with E-state index in [0.29, 0.717) is 0 Å². The highest BCUT2D eigenvalue weighted by molar-refractivity contribution is 5.05. The van der Waals surface area contributed by atoms with Gasteiger partial charge in [-0.1, -0.05) is 71.1 Å². The average molecular weight is 289 g/mol. The first-order valence-corrected chi connectivity index (χ1v) is 10.3. The van der Waals surface area contributed by atoms with Crippen molar-refractivity contribution in [3.05, 3.63) is 0 Å². The lowest BCUT2D eigenvalue weighted by atomic mass is 9.53. The van der Waals surface area contributed by atoms with Crippen molar-refractivity contribution in [3.8, 4) is 0 Å². The van der Waals surface area contributed by atoms with Gasteiger partial charge in [-0.2, -0.15) is 0 Å². The first-order valence-electron chi connectivity index (χ1n) is 10.3. The van der Waals surface area contributed by atoms with Crippen LogP contribution in [0, 0.1) is 35.0 Å². The second-order valence-corrected chi connectivity index (χ2v) is 9.19. The Kier molecular flexibility index (Phi) is 4.09. The van der Waals surface area contributed by atoms with Gasteiger partial charge in [0.2, 0.25) is 0 Å². The summed E-state index contributed by atoms with van der Waals surface area (Å²) in [5.41, 5.74) is 0.796. The zero-order valence-electron chi connectivity index (χ0n) is 14.3.